The smallest absolute Gasteiger partial charge is 0.426 e. The zero-order valence-corrected chi connectivity index (χ0v) is 15.4. The Bertz CT molecular complexity index is 796. The highest BCUT2D eigenvalue weighted by Gasteiger charge is 2.17. The Labute approximate surface area is 156 Å². The van der Waals surface area contributed by atoms with Crippen LogP contribution in [0.25, 0.3) is 11.3 Å². The molecule has 0 fully saturated rings. The Morgan fingerprint density at radius 2 is 1.81 bits per heavy atom. The third kappa shape index (κ3) is 6.81. The van der Waals surface area contributed by atoms with Crippen molar-refractivity contribution in [2.45, 2.75) is 32.8 Å². The fourth-order valence-corrected chi connectivity index (χ4v) is 1.99. The molecule has 2 aromatic rings. The second-order valence-corrected chi connectivity index (χ2v) is 6.62. The highest BCUT2D eigenvalue weighted by atomic mass is 16.6. The molecule has 0 atom stereocenters. The van der Waals surface area contributed by atoms with Crippen molar-refractivity contribution in [2.75, 3.05) is 6.54 Å². The molecule has 3 amide bonds. The molecule has 0 radical (unpaired) electrons. The van der Waals surface area contributed by atoms with Gasteiger partial charge in [0.25, 0.3) is 5.91 Å². The molecule has 0 saturated heterocycles. The molecule has 1 aromatic heterocycles. The van der Waals surface area contributed by atoms with Crippen LogP contribution in [-0.4, -0.2) is 35.2 Å². The Hall–Kier alpha value is -3.36. The summed E-state index contributed by atoms with van der Waals surface area (Å²) in [5.41, 5.74) is 4.57. The minimum atomic E-state index is -0.768. The van der Waals surface area contributed by atoms with E-state index in [1.54, 1.807) is 20.8 Å². The van der Waals surface area contributed by atoms with Crippen molar-refractivity contribution >= 4 is 17.9 Å². The van der Waals surface area contributed by atoms with Crippen LogP contribution in [-0.2, 0) is 9.53 Å². The molecule has 2 rings (SSSR count). The van der Waals surface area contributed by atoms with Crippen LogP contribution in [0.3, 0.4) is 0 Å². The first-order valence-electron chi connectivity index (χ1n) is 8.33. The Kier molecular flexibility index (Phi) is 6.53. The summed E-state index contributed by atoms with van der Waals surface area (Å²) in [5, 5.41) is 6.28. The van der Waals surface area contributed by atoms with Crippen LogP contribution in [0.1, 0.15) is 37.7 Å². The van der Waals surface area contributed by atoms with E-state index in [-0.39, 0.29) is 18.7 Å². The number of nitrogens with one attached hydrogen (secondary N) is 3. The highest BCUT2D eigenvalue weighted by molar-refractivity contribution is 5.93. The summed E-state index contributed by atoms with van der Waals surface area (Å²) >= 11 is 0. The molecular formula is C18H22N4O5. The second kappa shape index (κ2) is 8.84. The molecule has 144 valence electrons. The first kappa shape index (κ1) is 20.0. The monoisotopic (exact) mass is 374 g/mol. The highest BCUT2D eigenvalue weighted by Crippen LogP contribution is 2.19. The summed E-state index contributed by atoms with van der Waals surface area (Å²) < 4.78 is 10.1. The van der Waals surface area contributed by atoms with E-state index in [0.717, 1.165) is 5.56 Å². The number of rotatable bonds is 5. The zero-order chi connectivity index (χ0) is 19.9. The lowest BCUT2D eigenvalue weighted by Crippen LogP contribution is -2.45. The van der Waals surface area contributed by atoms with Crippen molar-refractivity contribution in [1.82, 2.24) is 21.3 Å². The van der Waals surface area contributed by atoms with E-state index in [0.29, 0.717) is 5.76 Å². The van der Waals surface area contributed by atoms with Gasteiger partial charge in [-0.15, -0.1) is 0 Å². The molecule has 27 heavy (non-hydrogen) atoms. The molecular weight excluding hydrogens is 352 g/mol. The number of benzene rings is 1. The fourth-order valence-electron chi connectivity index (χ4n) is 1.99. The van der Waals surface area contributed by atoms with Crippen LogP contribution in [0, 0.1) is 0 Å². The van der Waals surface area contributed by atoms with E-state index in [4.69, 9.17) is 9.26 Å². The number of nitrogens with zero attached hydrogens (tertiary/aromatic N) is 1. The Balaban J connectivity index is 1.72. The van der Waals surface area contributed by atoms with Crippen molar-refractivity contribution in [2.24, 2.45) is 0 Å². The average molecular weight is 374 g/mol. The van der Waals surface area contributed by atoms with Gasteiger partial charge in [0.15, 0.2) is 11.5 Å². The Morgan fingerprint density at radius 1 is 1.11 bits per heavy atom. The predicted octanol–water partition coefficient (Wildman–Crippen LogP) is 2.02. The van der Waals surface area contributed by atoms with E-state index < -0.39 is 23.5 Å². The predicted molar refractivity (Wildman–Crippen MR) is 96.4 cm³/mol. The van der Waals surface area contributed by atoms with Gasteiger partial charge in [-0.3, -0.25) is 15.0 Å². The number of carbonyl (C=O) groups is 3. The van der Waals surface area contributed by atoms with E-state index >= 15 is 0 Å². The summed E-state index contributed by atoms with van der Waals surface area (Å²) in [6.45, 7) is 5.18. The maximum absolute atomic E-state index is 12.0. The molecule has 1 aromatic carbocycles. The van der Waals surface area contributed by atoms with Crippen LogP contribution in [0.2, 0.25) is 0 Å². The van der Waals surface area contributed by atoms with Crippen molar-refractivity contribution in [3.05, 3.63) is 42.1 Å². The minimum absolute atomic E-state index is 0.0368. The summed E-state index contributed by atoms with van der Waals surface area (Å²) in [5.74, 6) is -0.472. The lowest BCUT2D eigenvalue weighted by atomic mass is 10.1. The van der Waals surface area contributed by atoms with Gasteiger partial charge in [0.1, 0.15) is 5.60 Å². The zero-order valence-electron chi connectivity index (χ0n) is 15.4. The molecule has 9 heteroatoms. The maximum atomic E-state index is 12.0. The topological polar surface area (TPSA) is 123 Å². The number of hydrogen-bond donors (Lipinski definition) is 3. The van der Waals surface area contributed by atoms with Crippen LogP contribution in [0.4, 0.5) is 4.79 Å². The van der Waals surface area contributed by atoms with Gasteiger partial charge in [0, 0.05) is 24.6 Å². The number of hydrazine groups is 1. The molecule has 3 N–H and O–H groups in total. The number of ether oxygens (including phenoxy) is 1. The van der Waals surface area contributed by atoms with Gasteiger partial charge in [-0.1, -0.05) is 35.5 Å². The number of hydrogen-bond acceptors (Lipinski definition) is 6. The number of carbonyl (C=O) groups excluding carboxylic acids is 3. The molecule has 0 unspecified atom stereocenters. The lowest BCUT2D eigenvalue weighted by molar-refractivity contribution is -0.122. The first-order valence-corrected chi connectivity index (χ1v) is 8.33. The summed E-state index contributed by atoms with van der Waals surface area (Å²) in [4.78, 5) is 35.1. The normalized spacial score (nSPS) is 10.8. The van der Waals surface area contributed by atoms with Gasteiger partial charge in [-0.2, -0.15) is 0 Å². The summed E-state index contributed by atoms with van der Waals surface area (Å²) in [7, 11) is 0. The molecule has 0 bridgehead atoms. The molecule has 0 aliphatic heterocycles. The molecule has 0 saturated carbocycles. The Morgan fingerprint density at radius 3 is 2.48 bits per heavy atom. The van der Waals surface area contributed by atoms with Gasteiger partial charge in [0.05, 0.1) is 0 Å². The van der Waals surface area contributed by atoms with Gasteiger partial charge in [-0.25, -0.2) is 10.2 Å². The minimum Gasteiger partial charge on any atom is -0.443 e. The molecule has 1 heterocycles. The van der Waals surface area contributed by atoms with Gasteiger partial charge in [0.2, 0.25) is 5.91 Å². The summed E-state index contributed by atoms with van der Waals surface area (Å²) in [6, 6.07) is 10.8. The third-order valence-electron chi connectivity index (χ3n) is 3.14. The van der Waals surface area contributed by atoms with Crippen molar-refractivity contribution in [3.63, 3.8) is 0 Å². The average Bonchev–Trinajstić information content (AvgIpc) is 3.09. The van der Waals surface area contributed by atoms with Crippen LogP contribution in [0.5, 0.6) is 0 Å². The summed E-state index contributed by atoms with van der Waals surface area (Å²) in [6.07, 6.45) is -0.804. The van der Waals surface area contributed by atoms with E-state index in [2.05, 4.69) is 21.3 Å². The van der Waals surface area contributed by atoms with Gasteiger partial charge < -0.3 is 14.6 Å². The molecule has 0 spiro atoms. The number of aromatic nitrogens is 1. The van der Waals surface area contributed by atoms with Crippen molar-refractivity contribution in [1.29, 1.82) is 0 Å². The second-order valence-electron chi connectivity index (χ2n) is 6.62. The van der Waals surface area contributed by atoms with Crippen molar-refractivity contribution < 1.29 is 23.6 Å². The lowest BCUT2D eigenvalue weighted by Gasteiger charge is -2.19. The maximum Gasteiger partial charge on any atom is 0.426 e. The number of amides is 3. The van der Waals surface area contributed by atoms with Crippen LogP contribution < -0.4 is 16.2 Å². The third-order valence-corrected chi connectivity index (χ3v) is 3.14. The molecule has 0 aliphatic rings. The fraction of sp³-hybridized carbons (Fsp3) is 0.333. The van der Waals surface area contributed by atoms with Crippen LogP contribution >= 0.6 is 0 Å². The SMILES string of the molecule is CC(C)(C)OC(=O)NNC(=O)CCNC(=O)c1cc(-c2ccccc2)on1. The largest absolute Gasteiger partial charge is 0.443 e. The van der Waals surface area contributed by atoms with Gasteiger partial charge >= 0.3 is 6.09 Å². The van der Waals surface area contributed by atoms with Crippen molar-refractivity contribution in [3.8, 4) is 11.3 Å². The van der Waals surface area contributed by atoms with E-state index in [1.807, 2.05) is 30.3 Å². The van der Waals surface area contributed by atoms with Crippen LogP contribution in [0.15, 0.2) is 40.9 Å². The quantitative estimate of drug-likeness (QED) is 0.688. The van der Waals surface area contributed by atoms with E-state index in [1.165, 1.54) is 6.07 Å². The van der Waals surface area contributed by atoms with Gasteiger partial charge in [-0.05, 0) is 20.8 Å². The first-order chi connectivity index (χ1) is 12.7. The molecule has 0 aliphatic carbocycles. The molecule has 9 nitrogen and oxygen atoms in total. The van der Waals surface area contributed by atoms with E-state index in [9.17, 15) is 14.4 Å². The standard InChI is InChI=1S/C18H22N4O5/c1-18(2,3)26-17(25)21-20-15(23)9-10-19-16(24)13-11-14(27-22-13)12-7-5-4-6-8-12/h4-8,11H,9-10H2,1-3H3,(H,19,24)(H,20,23)(H,21,25).